The van der Waals surface area contributed by atoms with E-state index in [1.807, 2.05) is 4.98 Å². The highest BCUT2D eigenvalue weighted by Crippen LogP contribution is 2.18. The highest BCUT2D eigenvalue weighted by atomic mass is 16.6. The smallest absolute Gasteiger partial charge is 0.328 e. The van der Waals surface area contributed by atoms with Crippen LogP contribution in [0.3, 0.4) is 0 Å². The maximum Gasteiger partial charge on any atom is 0.328 e. The van der Waals surface area contributed by atoms with E-state index in [4.69, 9.17) is 4.74 Å². The van der Waals surface area contributed by atoms with E-state index in [1.165, 1.54) is 6.07 Å². The number of non-ortho nitro benzene ring substituents is 1. The molecule has 0 saturated heterocycles. The minimum absolute atomic E-state index is 0.00718. The standard InChI is InChI=1S/C18H17N5O7/c1-18(2,3)30-13(24)8-22-7-11(16(26)21-17(22)27)14-19-12-6-9(23(28)29)4-5-10(12)15(25)20-14/h4-7H,8H2,1-3H3,(H,19,20,25)(H,21,26,27). The first-order chi connectivity index (χ1) is 13.9. The van der Waals surface area contributed by atoms with E-state index in [0.717, 1.165) is 22.9 Å². The van der Waals surface area contributed by atoms with Gasteiger partial charge in [0.1, 0.15) is 18.0 Å². The van der Waals surface area contributed by atoms with Crippen molar-refractivity contribution >= 4 is 22.6 Å². The van der Waals surface area contributed by atoms with Gasteiger partial charge in [-0.15, -0.1) is 0 Å². The first-order valence-electron chi connectivity index (χ1n) is 8.69. The molecule has 0 radical (unpaired) electrons. The van der Waals surface area contributed by atoms with E-state index >= 15 is 0 Å². The van der Waals surface area contributed by atoms with Gasteiger partial charge in [-0.25, -0.2) is 9.78 Å². The van der Waals surface area contributed by atoms with Gasteiger partial charge in [-0.2, -0.15) is 0 Å². The van der Waals surface area contributed by atoms with Gasteiger partial charge in [0.05, 0.1) is 21.4 Å². The number of nitrogens with one attached hydrogen (secondary N) is 2. The van der Waals surface area contributed by atoms with E-state index < -0.39 is 39.8 Å². The number of hydrogen-bond donors (Lipinski definition) is 2. The summed E-state index contributed by atoms with van der Waals surface area (Å²) in [4.78, 5) is 67.6. The molecule has 3 rings (SSSR count). The molecule has 3 aromatic rings. The second-order valence-corrected chi connectivity index (χ2v) is 7.39. The summed E-state index contributed by atoms with van der Waals surface area (Å²) in [5.74, 6) is -0.926. The zero-order valence-corrected chi connectivity index (χ0v) is 16.2. The number of carbonyl (C=O) groups is 1. The van der Waals surface area contributed by atoms with Crippen LogP contribution in [-0.2, 0) is 16.1 Å². The molecule has 0 aliphatic rings. The van der Waals surface area contributed by atoms with Crippen molar-refractivity contribution in [2.75, 3.05) is 0 Å². The van der Waals surface area contributed by atoms with Crippen LogP contribution in [0.1, 0.15) is 20.8 Å². The molecule has 0 amide bonds. The Kier molecular flexibility index (Phi) is 5.08. The highest BCUT2D eigenvalue weighted by molar-refractivity contribution is 5.81. The molecule has 30 heavy (non-hydrogen) atoms. The van der Waals surface area contributed by atoms with Crippen molar-refractivity contribution in [3.63, 3.8) is 0 Å². The predicted octanol–water partition coefficient (Wildman–Crippen LogP) is 0.690. The molecule has 0 aliphatic heterocycles. The number of H-pyrrole nitrogens is 2. The fourth-order valence-electron chi connectivity index (χ4n) is 2.68. The number of rotatable bonds is 4. The first-order valence-corrected chi connectivity index (χ1v) is 8.69. The number of ether oxygens (including phenoxy) is 1. The Morgan fingerprint density at radius 1 is 1.20 bits per heavy atom. The van der Waals surface area contributed by atoms with Gasteiger partial charge in [0.2, 0.25) is 0 Å². The van der Waals surface area contributed by atoms with Crippen molar-refractivity contribution < 1.29 is 14.5 Å². The number of fused-ring (bicyclic) bond motifs is 1. The maximum absolute atomic E-state index is 12.3. The number of esters is 1. The van der Waals surface area contributed by atoms with Gasteiger partial charge in [0.25, 0.3) is 16.8 Å². The summed E-state index contributed by atoms with van der Waals surface area (Å²) in [6.45, 7) is 4.50. The predicted molar refractivity (Wildman–Crippen MR) is 105 cm³/mol. The number of nitro groups is 1. The van der Waals surface area contributed by atoms with Crippen molar-refractivity contribution in [1.29, 1.82) is 0 Å². The molecule has 2 aromatic heterocycles. The van der Waals surface area contributed by atoms with E-state index in [2.05, 4.69) is 9.97 Å². The molecule has 12 heteroatoms. The van der Waals surface area contributed by atoms with E-state index in [9.17, 15) is 29.3 Å². The summed E-state index contributed by atoms with van der Waals surface area (Å²) >= 11 is 0. The lowest BCUT2D eigenvalue weighted by atomic mass is 10.2. The maximum atomic E-state index is 12.3. The van der Waals surface area contributed by atoms with Gasteiger partial charge in [-0.1, -0.05) is 0 Å². The van der Waals surface area contributed by atoms with Crippen LogP contribution in [0.15, 0.2) is 38.8 Å². The number of aromatic nitrogens is 4. The quantitative estimate of drug-likeness (QED) is 0.356. The van der Waals surface area contributed by atoms with Crippen LogP contribution in [0.5, 0.6) is 0 Å². The summed E-state index contributed by atoms with van der Waals surface area (Å²) in [6.07, 6.45) is 1.06. The van der Waals surface area contributed by atoms with Gasteiger partial charge in [-0.3, -0.25) is 34.0 Å². The molecule has 2 heterocycles. The van der Waals surface area contributed by atoms with Gasteiger partial charge in [0, 0.05) is 18.3 Å². The molecule has 156 valence electrons. The Morgan fingerprint density at radius 3 is 2.53 bits per heavy atom. The van der Waals surface area contributed by atoms with Crippen LogP contribution in [0.2, 0.25) is 0 Å². The number of aromatic amines is 2. The molecule has 0 aliphatic carbocycles. The lowest BCUT2D eigenvalue weighted by molar-refractivity contribution is -0.384. The second kappa shape index (κ2) is 7.39. The fourth-order valence-corrected chi connectivity index (χ4v) is 2.68. The molecule has 0 spiro atoms. The van der Waals surface area contributed by atoms with Crippen molar-refractivity contribution in [3.05, 3.63) is 65.7 Å². The topological polar surface area (TPSA) is 170 Å². The summed E-state index contributed by atoms with van der Waals surface area (Å²) in [5, 5.41) is 11.1. The van der Waals surface area contributed by atoms with E-state index in [-0.39, 0.29) is 28.0 Å². The summed E-state index contributed by atoms with van der Waals surface area (Å²) in [6, 6.07) is 3.50. The largest absolute Gasteiger partial charge is 0.459 e. The molecule has 0 saturated carbocycles. The normalized spacial score (nSPS) is 11.4. The van der Waals surface area contributed by atoms with Gasteiger partial charge >= 0.3 is 11.7 Å². The molecule has 2 N–H and O–H groups in total. The lowest BCUT2D eigenvalue weighted by Crippen LogP contribution is -2.35. The summed E-state index contributed by atoms with van der Waals surface area (Å²) < 4.78 is 6.06. The van der Waals surface area contributed by atoms with Crippen molar-refractivity contribution in [2.24, 2.45) is 0 Å². The Bertz CT molecular complexity index is 1340. The van der Waals surface area contributed by atoms with Crippen molar-refractivity contribution in [3.8, 4) is 11.4 Å². The average molecular weight is 415 g/mol. The third-order valence-electron chi connectivity index (χ3n) is 3.89. The SMILES string of the molecule is CC(C)(C)OC(=O)Cn1cc(-c2nc3cc([N+](=O)[O-])ccc3c(=O)[nH]2)c(=O)[nH]c1=O. The van der Waals surface area contributed by atoms with Crippen LogP contribution in [-0.4, -0.2) is 36.0 Å². The Labute approximate surface area is 167 Å². The van der Waals surface area contributed by atoms with Gasteiger partial charge in [0.15, 0.2) is 0 Å². The zero-order chi connectivity index (χ0) is 22.2. The van der Waals surface area contributed by atoms with Crippen LogP contribution < -0.4 is 16.8 Å². The average Bonchev–Trinajstić information content (AvgIpc) is 2.61. The van der Waals surface area contributed by atoms with Gasteiger partial charge in [-0.05, 0) is 26.8 Å². The van der Waals surface area contributed by atoms with E-state index in [0.29, 0.717) is 0 Å². The van der Waals surface area contributed by atoms with Gasteiger partial charge < -0.3 is 9.72 Å². The number of carbonyl (C=O) groups excluding carboxylic acids is 1. The Hall–Kier alpha value is -4.09. The number of hydrogen-bond acceptors (Lipinski definition) is 8. The van der Waals surface area contributed by atoms with Crippen LogP contribution in [0, 0.1) is 10.1 Å². The summed E-state index contributed by atoms with van der Waals surface area (Å²) in [5.41, 5.74) is -3.60. The molecule has 12 nitrogen and oxygen atoms in total. The van der Waals surface area contributed by atoms with Crippen LogP contribution >= 0.6 is 0 Å². The Balaban J connectivity index is 2.11. The molecule has 0 atom stereocenters. The fraction of sp³-hybridized carbons (Fsp3) is 0.278. The number of nitrogens with zero attached hydrogens (tertiary/aromatic N) is 3. The van der Waals surface area contributed by atoms with Crippen LogP contribution in [0.25, 0.3) is 22.3 Å². The monoisotopic (exact) mass is 415 g/mol. The minimum Gasteiger partial charge on any atom is -0.459 e. The molecular weight excluding hydrogens is 398 g/mol. The Morgan fingerprint density at radius 2 is 1.90 bits per heavy atom. The minimum atomic E-state index is -0.853. The molecule has 0 fully saturated rings. The van der Waals surface area contributed by atoms with Crippen molar-refractivity contribution in [2.45, 2.75) is 32.9 Å². The van der Waals surface area contributed by atoms with Crippen LogP contribution in [0.4, 0.5) is 5.69 Å². The third-order valence-corrected chi connectivity index (χ3v) is 3.89. The number of nitro benzene ring substituents is 1. The second-order valence-electron chi connectivity index (χ2n) is 7.39. The molecule has 1 aromatic carbocycles. The third kappa shape index (κ3) is 4.32. The number of benzene rings is 1. The highest BCUT2D eigenvalue weighted by Gasteiger charge is 2.19. The first kappa shape index (κ1) is 20.6. The summed E-state index contributed by atoms with van der Waals surface area (Å²) in [7, 11) is 0. The lowest BCUT2D eigenvalue weighted by Gasteiger charge is -2.19. The zero-order valence-electron chi connectivity index (χ0n) is 16.2. The molecule has 0 bridgehead atoms. The van der Waals surface area contributed by atoms with Crippen molar-refractivity contribution in [1.82, 2.24) is 19.5 Å². The molecular formula is C18H17N5O7. The molecule has 0 unspecified atom stereocenters. The van der Waals surface area contributed by atoms with E-state index in [1.54, 1.807) is 20.8 Å².